The molecular weight excluding hydrogens is 757 g/mol. The summed E-state index contributed by atoms with van der Waals surface area (Å²) in [6.45, 7) is 0. The van der Waals surface area contributed by atoms with Crippen molar-refractivity contribution in [3.8, 4) is 67.3 Å². The average Bonchev–Trinajstić information content (AvgIpc) is 3.86. The van der Waals surface area contributed by atoms with Crippen LogP contribution in [-0.2, 0) is 0 Å². The molecule has 62 heavy (non-hydrogen) atoms. The number of hydrogen-bond donors (Lipinski definition) is 0. The molecule has 0 saturated carbocycles. The normalized spacial score (nSPS) is 11.5. The number of hydrogen-bond acceptors (Lipinski definition) is 4. The highest BCUT2D eigenvalue weighted by atomic mass is 15.0. The zero-order valence-electron chi connectivity index (χ0n) is 33.5. The second-order valence-electron chi connectivity index (χ2n) is 15.6. The summed E-state index contributed by atoms with van der Waals surface area (Å²) in [7, 11) is 0. The van der Waals surface area contributed by atoms with Gasteiger partial charge in [0.2, 0.25) is 0 Å². The molecule has 290 valence electrons. The van der Waals surface area contributed by atoms with E-state index in [9.17, 15) is 0 Å². The molecule has 6 aromatic carbocycles. The van der Waals surface area contributed by atoms with Gasteiger partial charge in [0.05, 0.1) is 33.5 Å². The highest BCUT2D eigenvalue weighted by Crippen LogP contribution is 2.40. The average molecular weight is 793 g/mol. The van der Waals surface area contributed by atoms with Crippen molar-refractivity contribution in [1.82, 2.24) is 29.1 Å². The van der Waals surface area contributed by atoms with Gasteiger partial charge >= 0.3 is 0 Å². The van der Waals surface area contributed by atoms with E-state index in [1.54, 1.807) is 0 Å². The van der Waals surface area contributed by atoms with E-state index in [0.717, 1.165) is 89.3 Å². The number of pyridine rings is 4. The Hall–Kier alpha value is -8.48. The summed E-state index contributed by atoms with van der Waals surface area (Å²) >= 11 is 0. The molecule has 0 saturated heterocycles. The molecule has 6 heteroatoms. The zero-order chi connectivity index (χ0) is 41.0. The van der Waals surface area contributed by atoms with Crippen molar-refractivity contribution in [1.29, 1.82) is 0 Å². The number of aromatic nitrogens is 6. The molecule has 12 rings (SSSR count). The summed E-state index contributed by atoms with van der Waals surface area (Å²) in [6, 6.07) is 65.1. The molecule has 0 aliphatic heterocycles. The molecule has 0 atom stereocenters. The summed E-state index contributed by atoms with van der Waals surface area (Å²) in [5, 5.41) is 4.71. The highest BCUT2D eigenvalue weighted by Gasteiger charge is 2.18. The van der Waals surface area contributed by atoms with E-state index >= 15 is 0 Å². The van der Waals surface area contributed by atoms with Crippen molar-refractivity contribution in [3.05, 3.63) is 219 Å². The van der Waals surface area contributed by atoms with Crippen molar-refractivity contribution in [2.75, 3.05) is 0 Å². The fraction of sp³-hybridized carbons (Fsp3) is 0. The number of fused-ring (bicyclic) bond motifs is 6. The number of benzene rings is 6. The first-order valence-corrected chi connectivity index (χ1v) is 20.7. The fourth-order valence-corrected chi connectivity index (χ4v) is 9.06. The maximum absolute atomic E-state index is 4.84. The maximum Gasteiger partial charge on any atom is 0.0708 e. The van der Waals surface area contributed by atoms with Crippen LogP contribution in [0.15, 0.2) is 219 Å². The Morgan fingerprint density at radius 3 is 0.968 bits per heavy atom. The highest BCUT2D eigenvalue weighted by molar-refractivity contribution is 6.14. The molecule has 12 aromatic rings. The topological polar surface area (TPSA) is 61.4 Å². The molecule has 0 N–H and O–H groups in total. The lowest BCUT2D eigenvalue weighted by Gasteiger charge is -2.09. The van der Waals surface area contributed by atoms with Gasteiger partial charge in [0, 0.05) is 81.2 Å². The number of para-hydroxylation sites is 2. The van der Waals surface area contributed by atoms with Gasteiger partial charge < -0.3 is 9.13 Å². The van der Waals surface area contributed by atoms with E-state index in [4.69, 9.17) is 9.97 Å². The minimum Gasteiger partial charge on any atom is -0.309 e. The Morgan fingerprint density at radius 2 is 0.581 bits per heavy atom. The van der Waals surface area contributed by atoms with Gasteiger partial charge in [-0.2, -0.15) is 0 Å². The van der Waals surface area contributed by atoms with Crippen LogP contribution in [0.2, 0.25) is 0 Å². The van der Waals surface area contributed by atoms with Gasteiger partial charge in [-0.05, 0) is 155 Å². The van der Waals surface area contributed by atoms with Crippen LogP contribution in [-0.4, -0.2) is 29.1 Å². The lowest BCUT2D eigenvalue weighted by Crippen LogP contribution is -1.93. The molecule has 0 unspecified atom stereocenters. The van der Waals surface area contributed by atoms with Gasteiger partial charge in [-0.1, -0.05) is 60.7 Å². The van der Waals surface area contributed by atoms with E-state index in [2.05, 4.69) is 177 Å². The third-order valence-electron chi connectivity index (χ3n) is 12.0. The number of nitrogens with zero attached hydrogens (tertiary/aromatic N) is 6. The zero-order valence-corrected chi connectivity index (χ0v) is 33.5. The molecule has 0 radical (unpaired) electrons. The summed E-state index contributed by atoms with van der Waals surface area (Å²) in [4.78, 5) is 18.1. The minimum absolute atomic E-state index is 0.928. The Morgan fingerprint density at radius 1 is 0.258 bits per heavy atom. The molecule has 0 fully saturated rings. The van der Waals surface area contributed by atoms with Crippen LogP contribution in [0, 0.1) is 0 Å². The fourth-order valence-electron chi connectivity index (χ4n) is 9.06. The van der Waals surface area contributed by atoms with Crippen LogP contribution in [0.5, 0.6) is 0 Å². The Balaban J connectivity index is 1.03. The smallest absolute Gasteiger partial charge is 0.0708 e. The summed E-state index contributed by atoms with van der Waals surface area (Å²) in [5.74, 6) is 0. The minimum atomic E-state index is 0.928. The van der Waals surface area contributed by atoms with Crippen LogP contribution in [0.25, 0.3) is 111 Å². The first-order chi connectivity index (χ1) is 30.7. The molecule has 0 spiro atoms. The second kappa shape index (κ2) is 14.7. The molecule has 6 aromatic heterocycles. The van der Waals surface area contributed by atoms with Crippen molar-refractivity contribution < 1.29 is 0 Å². The van der Waals surface area contributed by atoms with Crippen molar-refractivity contribution >= 4 is 43.6 Å². The standard InChI is InChI=1S/C56H36N6/c1-3-7-45(8-4-1)61-53-15-11-39(31-47(53)49-33-43(13-17-55(49)61)51-35-41(23-29-59-51)37-19-25-57-26-20-37)40-12-16-54-48(32-40)50-34-44(14-18-56(50)62(54)46-9-5-2-6-10-46)52-36-42(24-30-60-52)38-21-27-58-28-22-38/h1-36H. The molecule has 0 amide bonds. The first-order valence-electron chi connectivity index (χ1n) is 20.7. The predicted octanol–water partition coefficient (Wildman–Crippen LogP) is 13.8. The van der Waals surface area contributed by atoms with Gasteiger partial charge in [0.25, 0.3) is 0 Å². The molecule has 0 aliphatic rings. The quantitative estimate of drug-likeness (QED) is 0.161. The van der Waals surface area contributed by atoms with Crippen LogP contribution >= 0.6 is 0 Å². The van der Waals surface area contributed by atoms with E-state index < -0.39 is 0 Å². The summed E-state index contributed by atoms with van der Waals surface area (Å²) < 4.78 is 4.74. The Labute approximate surface area is 357 Å². The summed E-state index contributed by atoms with van der Waals surface area (Å²) in [6.07, 6.45) is 11.1. The monoisotopic (exact) mass is 792 g/mol. The van der Waals surface area contributed by atoms with E-state index in [1.165, 1.54) is 21.5 Å². The first kappa shape index (κ1) is 35.5. The van der Waals surface area contributed by atoms with Crippen LogP contribution < -0.4 is 0 Å². The lowest BCUT2D eigenvalue weighted by atomic mass is 9.99. The van der Waals surface area contributed by atoms with Crippen molar-refractivity contribution in [2.45, 2.75) is 0 Å². The van der Waals surface area contributed by atoms with Crippen molar-refractivity contribution in [3.63, 3.8) is 0 Å². The second-order valence-corrected chi connectivity index (χ2v) is 15.6. The Kier molecular flexibility index (Phi) is 8.38. The van der Waals surface area contributed by atoms with Gasteiger partial charge in [-0.3, -0.25) is 19.9 Å². The van der Waals surface area contributed by atoms with E-state index in [1.807, 2.05) is 61.4 Å². The van der Waals surface area contributed by atoms with Crippen LogP contribution in [0.4, 0.5) is 0 Å². The largest absolute Gasteiger partial charge is 0.309 e. The molecule has 6 nitrogen and oxygen atoms in total. The van der Waals surface area contributed by atoms with Crippen molar-refractivity contribution in [2.24, 2.45) is 0 Å². The van der Waals surface area contributed by atoms with Crippen LogP contribution in [0.1, 0.15) is 0 Å². The third kappa shape index (κ3) is 6.04. The number of rotatable bonds is 7. The van der Waals surface area contributed by atoms with Gasteiger partial charge in [-0.15, -0.1) is 0 Å². The molecular formula is C56H36N6. The molecule has 0 aliphatic carbocycles. The molecule has 0 bridgehead atoms. The molecule has 6 heterocycles. The van der Waals surface area contributed by atoms with Gasteiger partial charge in [-0.25, -0.2) is 0 Å². The predicted molar refractivity (Wildman–Crippen MR) is 253 cm³/mol. The van der Waals surface area contributed by atoms with Crippen LogP contribution in [0.3, 0.4) is 0 Å². The van der Waals surface area contributed by atoms with E-state index in [-0.39, 0.29) is 0 Å². The maximum atomic E-state index is 4.84. The SMILES string of the molecule is c1ccc(-n2c3ccc(-c4ccc5c(c4)c4cc(-c6cc(-c7ccncc7)ccn6)ccc4n5-c4ccccc4)cc3c3cc(-c4cc(-c5ccncc5)ccn4)ccc32)cc1. The third-order valence-corrected chi connectivity index (χ3v) is 12.0. The van der Waals surface area contributed by atoms with E-state index in [0.29, 0.717) is 0 Å². The lowest BCUT2D eigenvalue weighted by molar-refractivity contribution is 1.18. The van der Waals surface area contributed by atoms with Gasteiger partial charge in [0.15, 0.2) is 0 Å². The van der Waals surface area contributed by atoms with Gasteiger partial charge in [0.1, 0.15) is 0 Å². The Bertz CT molecular complexity index is 3370. The summed E-state index contributed by atoms with van der Waals surface area (Å²) in [5.41, 5.74) is 17.6.